The van der Waals surface area contributed by atoms with Crippen LogP contribution in [0.5, 0.6) is 17.2 Å². The molecule has 0 spiro atoms. The summed E-state index contributed by atoms with van der Waals surface area (Å²) in [5, 5.41) is 10.2. The zero-order valence-corrected chi connectivity index (χ0v) is 26.3. The van der Waals surface area contributed by atoms with Gasteiger partial charge in [-0.3, -0.25) is 0 Å². The number of nitrogens with one attached hydrogen (secondary N) is 3. The Labute approximate surface area is 270 Å². The van der Waals surface area contributed by atoms with E-state index in [4.69, 9.17) is 25.8 Å². The van der Waals surface area contributed by atoms with Gasteiger partial charge in [0.15, 0.2) is 0 Å². The Morgan fingerprint density at radius 1 is 0.783 bits per heavy atom. The van der Waals surface area contributed by atoms with Gasteiger partial charge in [0, 0.05) is 42.0 Å². The molecule has 0 fully saturated rings. The van der Waals surface area contributed by atoms with Crippen LogP contribution in [-0.4, -0.2) is 48.9 Å². The van der Waals surface area contributed by atoms with Crippen LogP contribution in [0.4, 0.5) is 22.0 Å². The first-order valence-corrected chi connectivity index (χ1v) is 14.7. The molecular weight excluding hydrogens is 604 g/mol. The molecule has 2 amide bonds. The summed E-state index contributed by atoms with van der Waals surface area (Å²) in [5.41, 5.74) is 5.96. The van der Waals surface area contributed by atoms with Gasteiger partial charge in [0.25, 0.3) is 0 Å². The summed E-state index contributed by atoms with van der Waals surface area (Å²) in [6, 6.07) is 26.6. The minimum atomic E-state index is -0.450. The van der Waals surface area contributed by atoms with Crippen LogP contribution in [0.3, 0.4) is 0 Å². The molecule has 0 atom stereocenters. The average molecular weight is 635 g/mol. The third-order valence-electron chi connectivity index (χ3n) is 7.54. The van der Waals surface area contributed by atoms with Crippen molar-refractivity contribution in [3.63, 3.8) is 0 Å². The summed E-state index contributed by atoms with van der Waals surface area (Å²) in [6.07, 6.45) is 3.62. The largest absolute Gasteiger partial charge is 0.497 e. The Balaban J connectivity index is 1.34. The lowest BCUT2D eigenvalue weighted by Crippen LogP contribution is -2.19. The predicted octanol–water partition coefficient (Wildman–Crippen LogP) is 8.12. The van der Waals surface area contributed by atoms with Crippen LogP contribution in [0.1, 0.15) is 0 Å². The van der Waals surface area contributed by atoms with E-state index in [0.717, 1.165) is 44.7 Å². The second-order valence-corrected chi connectivity index (χ2v) is 10.6. The Bertz CT molecular complexity index is 2040. The molecule has 4 aromatic carbocycles. The normalized spacial score (nSPS) is 10.8. The molecule has 0 saturated heterocycles. The minimum Gasteiger partial charge on any atom is -0.497 e. The Kier molecular flexibility index (Phi) is 8.62. The van der Waals surface area contributed by atoms with Crippen LogP contribution in [0.15, 0.2) is 97.5 Å². The number of anilines is 3. The molecular formula is C35H31ClN6O4. The molecule has 6 aromatic rings. The number of urea groups is 1. The van der Waals surface area contributed by atoms with E-state index < -0.39 is 6.03 Å². The van der Waals surface area contributed by atoms with Crippen LogP contribution in [0.2, 0.25) is 5.02 Å². The highest BCUT2D eigenvalue weighted by molar-refractivity contribution is 6.32. The molecule has 0 aliphatic carbocycles. The van der Waals surface area contributed by atoms with Crippen molar-refractivity contribution >= 4 is 45.7 Å². The SMILES string of the molecule is CNc1cc(-n2cc(-c3ccc(OC)cc3)c3ccc(-c4cccc(NC(=O)Nc5cc(Cl)c(OC)cc5OC)c4)cc32)ncn1. The molecule has 0 aliphatic heterocycles. The van der Waals surface area contributed by atoms with Crippen LogP contribution >= 0.6 is 11.6 Å². The summed E-state index contributed by atoms with van der Waals surface area (Å²) < 4.78 is 18.1. The number of hydrogen-bond acceptors (Lipinski definition) is 7. The van der Waals surface area contributed by atoms with E-state index in [9.17, 15) is 4.79 Å². The summed E-state index contributed by atoms with van der Waals surface area (Å²) in [7, 11) is 6.50. The molecule has 0 unspecified atom stereocenters. The van der Waals surface area contributed by atoms with Gasteiger partial charge in [-0.2, -0.15) is 0 Å². The maximum atomic E-state index is 13.0. The first kappa shape index (κ1) is 30.3. The van der Waals surface area contributed by atoms with Crippen LogP contribution in [0.25, 0.3) is 39.0 Å². The number of ether oxygens (including phenoxy) is 3. The van der Waals surface area contributed by atoms with Gasteiger partial charge in [0.1, 0.15) is 35.2 Å². The standard InChI is InChI=1S/C35H31ClN6O4/c1-37-33-18-34(39-20-38-33)42-19-27(21-8-11-25(44-2)12-9-21)26-13-10-23(15-30(26)42)22-6-5-7-24(14-22)40-35(43)41-29-16-28(36)31(45-3)17-32(29)46-4/h5-20H,1-4H3,(H,37,38,39)(H2,40,41,43). The van der Waals surface area contributed by atoms with E-state index >= 15 is 0 Å². The zero-order chi connectivity index (χ0) is 32.2. The number of benzene rings is 4. The first-order valence-electron chi connectivity index (χ1n) is 14.3. The molecule has 232 valence electrons. The topological polar surface area (TPSA) is 112 Å². The van der Waals surface area contributed by atoms with Gasteiger partial charge >= 0.3 is 6.03 Å². The van der Waals surface area contributed by atoms with E-state index in [2.05, 4.69) is 54.9 Å². The van der Waals surface area contributed by atoms with Gasteiger partial charge in [-0.05, 0) is 53.1 Å². The van der Waals surface area contributed by atoms with Crippen LogP contribution < -0.4 is 30.2 Å². The van der Waals surface area contributed by atoms with E-state index in [-0.39, 0.29) is 0 Å². The van der Waals surface area contributed by atoms with Crippen molar-refractivity contribution in [1.82, 2.24) is 14.5 Å². The first-order chi connectivity index (χ1) is 22.4. The fraction of sp³-hybridized carbons (Fsp3) is 0.114. The summed E-state index contributed by atoms with van der Waals surface area (Å²) in [6.45, 7) is 0. The minimum absolute atomic E-state index is 0.347. The van der Waals surface area contributed by atoms with E-state index in [1.165, 1.54) is 14.2 Å². The number of carbonyl (C=O) groups is 1. The molecule has 2 aromatic heterocycles. The molecule has 0 bridgehead atoms. The summed E-state index contributed by atoms with van der Waals surface area (Å²) in [5.74, 6) is 3.08. The van der Waals surface area contributed by atoms with Crippen LogP contribution in [0, 0.1) is 0 Å². The van der Waals surface area contributed by atoms with Gasteiger partial charge < -0.3 is 34.7 Å². The molecule has 46 heavy (non-hydrogen) atoms. The maximum absolute atomic E-state index is 13.0. The van der Waals surface area contributed by atoms with Crippen molar-refractivity contribution in [2.24, 2.45) is 0 Å². The van der Waals surface area contributed by atoms with Gasteiger partial charge in [-0.25, -0.2) is 14.8 Å². The fourth-order valence-electron chi connectivity index (χ4n) is 5.23. The second kappa shape index (κ2) is 13.1. The number of hydrogen-bond donors (Lipinski definition) is 3. The van der Waals surface area contributed by atoms with Crippen LogP contribution in [-0.2, 0) is 0 Å². The van der Waals surface area contributed by atoms with E-state index in [0.29, 0.717) is 33.7 Å². The number of fused-ring (bicyclic) bond motifs is 1. The molecule has 3 N–H and O–H groups in total. The zero-order valence-electron chi connectivity index (χ0n) is 25.6. The lowest BCUT2D eigenvalue weighted by atomic mass is 10.0. The lowest BCUT2D eigenvalue weighted by Gasteiger charge is -2.14. The summed E-state index contributed by atoms with van der Waals surface area (Å²) in [4.78, 5) is 21.8. The highest BCUT2D eigenvalue weighted by Gasteiger charge is 2.16. The Morgan fingerprint density at radius 2 is 1.54 bits per heavy atom. The van der Waals surface area contributed by atoms with Crippen molar-refractivity contribution < 1.29 is 19.0 Å². The third-order valence-corrected chi connectivity index (χ3v) is 7.83. The number of carbonyl (C=O) groups excluding carboxylic acids is 1. The van der Waals surface area contributed by atoms with Gasteiger partial charge in [-0.1, -0.05) is 48.0 Å². The molecule has 10 nitrogen and oxygen atoms in total. The summed E-state index contributed by atoms with van der Waals surface area (Å²) >= 11 is 6.28. The monoisotopic (exact) mass is 634 g/mol. The van der Waals surface area contributed by atoms with E-state index in [1.54, 1.807) is 25.6 Å². The maximum Gasteiger partial charge on any atom is 0.323 e. The lowest BCUT2D eigenvalue weighted by molar-refractivity contribution is 0.262. The number of aromatic nitrogens is 3. The Hall–Kier alpha value is -5.74. The molecule has 2 heterocycles. The molecule has 6 rings (SSSR count). The quantitative estimate of drug-likeness (QED) is 0.147. The van der Waals surface area contributed by atoms with E-state index in [1.807, 2.05) is 61.6 Å². The van der Waals surface area contributed by atoms with Crippen molar-refractivity contribution in [2.45, 2.75) is 0 Å². The number of amides is 2. The van der Waals surface area contributed by atoms with Crippen molar-refractivity contribution in [3.05, 3.63) is 102 Å². The van der Waals surface area contributed by atoms with Crippen molar-refractivity contribution in [3.8, 4) is 45.3 Å². The Morgan fingerprint density at radius 3 is 2.28 bits per heavy atom. The fourth-order valence-corrected chi connectivity index (χ4v) is 5.47. The molecule has 11 heteroatoms. The smallest absolute Gasteiger partial charge is 0.323 e. The number of nitrogens with zero attached hydrogens (tertiary/aromatic N) is 3. The number of methoxy groups -OCH3 is 3. The highest BCUT2D eigenvalue weighted by Crippen LogP contribution is 2.37. The van der Waals surface area contributed by atoms with Gasteiger partial charge in [0.05, 0.1) is 37.6 Å². The predicted molar refractivity (Wildman–Crippen MR) is 183 cm³/mol. The third kappa shape index (κ3) is 6.11. The number of halogens is 1. The van der Waals surface area contributed by atoms with Crippen molar-refractivity contribution in [2.75, 3.05) is 44.3 Å². The van der Waals surface area contributed by atoms with Gasteiger partial charge in [0.2, 0.25) is 0 Å². The average Bonchev–Trinajstić information content (AvgIpc) is 3.47. The van der Waals surface area contributed by atoms with Crippen molar-refractivity contribution in [1.29, 1.82) is 0 Å². The second-order valence-electron chi connectivity index (χ2n) is 10.2. The molecule has 0 saturated carbocycles. The van der Waals surface area contributed by atoms with Gasteiger partial charge in [-0.15, -0.1) is 0 Å². The number of rotatable bonds is 9. The molecule has 0 radical (unpaired) electrons. The highest BCUT2D eigenvalue weighted by atomic mass is 35.5. The molecule has 0 aliphatic rings.